The standard InChI is InChI=1S/C14H25N3/c1-10(2)9-16-13-7-11(8-15)6-12(17-13)14(3,4)5/h6-7,10H,8-9,15H2,1-5H3,(H,16,17). The minimum atomic E-state index is 0.0550. The van der Waals surface area contributed by atoms with E-state index in [0.29, 0.717) is 12.5 Å². The maximum absolute atomic E-state index is 5.73. The summed E-state index contributed by atoms with van der Waals surface area (Å²) in [7, 11) is 0. The van der Waals surface area contributed by atoms with Gasteiger partial charge in [0.15, 0.2) is 0 Å². The lowest BCUT2D eigenvalue weighted by atomic mass is 9.91. The first-order chi connectivity index (χ1) is 7.82. The van der Waals surface area contributed by atoms with Crippen molar-refractivity contribution in [3.8, 4) is 0 Å². The lowest BCUT2D eigenvalue weighted by Crippen LogP contribution is -2.17. The number of nitrogens with one attached hydrogen (secondary N) is 1. The van der Waals surface area contributed by atoms with Gasteiger partial charge in [0.05, 0.1) is 0 Å². The Morgan fingerprint density at radius 3 is 2.41 bits per heavy atom. The lowest BCUT2D eigenvalue weighted by Gasteiger charge is -2.20. The highest BCUT2D eigenvalue weighted by Crippen LogP contribution is 2.23. The summed E-state index contributed by atoms with van der Waals surface area (Å²) in [5, 5.41) is 3.36. The van der Waals surface area contributed by atoms with E-state index in [-0.39, 0.29) is 5.41 Å². The van der Waals surface area contributed by atoms with Crippen LogP contribution in [0.1, 0.15) is 45.9 Å². The van der Waals surface area contributed by atoms with Crippen LogP contribution in [0.25, 0.3) is 0 Å². The van der Waals surface area contributed by atoms with Crippen LogP contribution < -0.4 is 11.1 Å². The Kier molecular flexibility index (Phi) is 4.52. The molecule has 1 aromatic rings. The molecule has 0 atom stereocenters. The van der Waals surface area contributed by atoms with E-state index in [1.807, 2.05) is 6.07 Å². The zero-order valence-electron chi connectivity index (χ0n) is 11.7. The van der Waals surface area contributed by atoms with Crippen molar-refractivity contribution in [1.29, 1.82) is 0 Å². The first-order valence-electron chi connectivity index (χ1n) is 6.28. The molecule has 17 heavy (non-hydrogen) atoms. The molecule has 96 valence electrons. The van der Waals surface area contributed by atoms with Crippen LogP contribution in [0.4, 0.5) is 5.82 Å². The zero-order chi connectivity index (χ0) is 13.1. The summed E-state index contributed by atoms with van der Waals surface area (Å²) in [5.41, 5.74) is 8.01. The van der Waals surface area contributed by atoms with Crippen LogP contribution in [0.2, 0.25) is 0 Å². The molecule has 0 fully saturated rings. The molecule has 0 aliphatic heterocycles. The fraction of sp³-hybridized carbons (Fsp3) is 0.643. The van der Waals surface area contributed by atoms with Crippen LogP contribution in [-0.2, 0) is 12.0 Å². The summed E-state index contributed by atoms with van der Waals surface area (Å²) in [6.07, 6.45) is 0. The third kappa shape index (κ3) is 4.35. The largest absolute Gasteiger partial charge is 0.370 e. The van der Waals surface area contributed by atoms with E-state index in [1.54, 1.807) is 0 Å². The molecular weight excluding hydrogens is 210 g/mol. The number of anilines is 1. The topological polar surface area (TPSA) is 50.9 Å². The van der Waals surface area contributed by atoms with E-state index in [9.17, 15) is 0 Å². The number of hydrogen-bond acceptors (Lipinski definition) is 3. The molecule has 0 saturated carbocycles. The molecule has 1 rings (SSSR count). The highest BCUT2D eigenvalue weighted by molar-refractivity contribution is 5.41. The number of nitrogens with zero attached hydrogens (tertiary/aromatic N) is 1. The summed E-state index contributed by atoms with van der Waals surface area (Å²) in [6, 6.07) is 4.14. The average Bonchev–Trinajstić information content (AvgIpc) is 2.24. The number of nitrogens with two attached hydrogens (primary N) is 1. The number of aromatic nitrogens is 1. The van der Waals surface area contributed by atoms with E-state index < -0.39 is 0 Å². The predicted molar refractivity (Wildman–Crippen MR) is 74.2 cm³/mol. The second-order valence-electron chi connectivity index (χ2n) is 5.97. The summed E-state index contributed by atoms with van der Waals surface area (Å²) >= 11 is 0. The van der Waals surface area contributed by atoms with Gasteiger partial charge in [0.25, 0.3) is 0 Å². The van der Waals surface area contributed by atoms with Crippen molar-refractivity contribution >= 4 is 5.82 Å². The van der Waals surface area contributed by atoms with E-state index in [2.05, 4.69) is 51.0 Å². The van der Waals surface area contributed by atoms with E-state index in [1.165, 1.54) is 0 Å². The van der Waals surface area contributed by atoms with Gasteiger partial charge < -0.3 is 11.1 Å². The number of hydrogen-bond donors (Lipinski definition) is 2. The normalized spacial score (nSPS) is 11.9. The number of rotatable bonds is 4. The summed E-state index contributed by atoms with van der Waals surface area (Å²) in [5.74, 6) is 1.54. The van der Waals surface area contributed by atoms with Crippen LogP contribution in [0, 0.1) is 5.92 Å². The van der Waals surface area contributed by atoms with E-state index in [4.69, 9.17) is 5.73 Å². The SMILES string of the molecule is CC(C)CNc1cc(CN)cc(C(C)(C)C)n1. The molecule has 0 aliphatic rings. The summed E-state index contributed by atoms with van der Waals surface area (Å²) in [4.78, 5) is 4.66. The van der Waals surface area contributed by atoms with Gasteiger partial charge in [-0.3, -0.25) is 0 Å². The average molecular weight is 235 g/mol. The highest BCUT2D eigenvalue weighted by Gasteiger charge is 2.16. The third-order valence-electron chi connectivity index (χ3n) is 2.58. The van der Waals surface area contributed by atoms with Gasteiger partial charge in [-0.05, 0) is 23.6 Å². The van der Waals surface area contributed by atoms with Crippen LogP contribution in [0.5, 0.6) is 0 Å². The molecule has 1 heterocycles. The van der Waals surface area contributed by atoms with E-state index in [0.717, 1.165) is 23.6 Å². The minimum Gasteiger partial charge on any atom is -0.370 e. The van der Waals surface area contributed by atoms with Crippen LogP contribution in [0.3, 0.4) is 0 Å². The second-order valence-corrected chi connectivity index (χ2v) is 5.97. The second kappa shape index (κ2) is 5.50. The maximum atomic E-state index is 5.73. The summed E-state index contributed by atoms with van der Waals surface area (Å²) in [6.45, 7) is 12.4. The Hall–Kier alpha value is -1.09. The van der Waals surface area contributed by atoms with Crippen molar-refractivity contribution in [3.63, 3.8) is 0 Å². The Bertz CT molecular complexity index is 364. The molecule has 0 saturated heterocycles. The van der Waals surface area contributed by atoms with Crippen molar-refractivity contribution in [2.24, 2.45) is 11.7 Å². The molecule has 0 bridgehead atoms. The van der Waals surface area contributed by atoms with Crippen molar-refractivity contribution < 1.29 is 0 Å². The molecule has 0 radical (unpaired) electrons. The van der Waals surface area contributed by atoms with Gasteiger partial charge in [0.2, 0.25) is 0 Å². The molecule has 1 aromatic heterocycles. The van der Waals surface area contributed by atoms with E-state index >= 15 is 0 Å². The third-order valence-corrected chi connectivity index (χ3v) is 2.58. The summed E-state index contributed by atoms with van der Waals surface area (Å²) < 4.78 is 0. The van der Waals surface area contributed by atoms with Gasteiger partial charge in [0.1, 0.15) is 5.82 Å². The fourth-order valence-electron chi connectivity index (χ4n) is 1.49. The molecule has 0 aliphatic carbocycles. The molecule has 3 N–H and O–H groups in total. The van der Waals surface area contributed by atoms with Gasteiger partial charge in [-0.25, -0.2) is 4.98 Å². The Labute approximate surface area is 105 Å². The fourth-order valence-corrected chi connectivity index (χ4v) is 1.49. The van der Waals surface area contributed by atoms with Crippen LogP contribution in [-0.4, -0.2) is 11.5 Å². The molecule has 0 amide bonds. The molecule has 3 nitrogen and oxygen atoms in total. The lowest BCUT2D eigenvalue weighted by molar-refractivity contribution is 0.568. The minimum absolute atomic E-state index is 0.0550. The van der Waals surface area contributed by atoms with Gasteiger partial charge >= 0.3 is 0 Å². The smallest absolute Gasteiger partial charge is 0.126 e. The van der Waals surface area contributed by atoms with Gasteiger partial charge in [-0.15, -0.1) is 0 Å². The Balaban J connectivity index is 2.97. The quantitative estimate of drug-likeness (QED) is 0.843. The Morgan fingerprint density at radius 2 is 1.94 bits per heavy atom. The van der Waals surface area contributed by atoms with Crippen molar-refractivity contribution in [3.05, 3.63) is 23.4 Å². The van der Waals surface area contributed by atoms with Crippen molar-refractivity contribution in [1.82, 2.24) is 4.98 Å². The molecule has 0 spiro atoms. The highest BCUT2D eigenvalue weighted by atomic mass is 15.0. The molecule has 0 unspecified atom stereocenters. The van der Waals surface area contributed by atoms with Crippen LogP contribution >= 0.6 is 0 Å². The molecule has 0 aromatic carbocycles. The first kappa shape index (κ1) is 14.0. The predicted octanol–water partition coefficient (Wildman–Crippen LogP) is 2.91. The van der Waals surface area contributed by atoms with Crippen LogP contribution in [0.15, 0.2) is 12.1 Å². The number of pyridine rings is 1. The monoisotopic (exact) mass is 235 g/mol. The first-order valence-corrected chi connectivity index (χ1v) is 6.28. The maximum Gasteiger partial charge on any atom is 0.126 e. The van der Waals surface area contributed by atoms with Crippen molar-refractivity contribution in [2.75, 3.05) is 11.9 Å². The van der Waals surface area contributed by atoms with Crippen molar-refractivity contribution in [2.45, 2.75) is 46.6 Å². The Morgan fingerprint density at radius 1 is 1.29 bits per heavy atom. The molecular formula is C14H25N3. The zero-order valence-corrected chi connectivity index (χ0v) is 11.7. The van der Waals surface area contributed by atoms with Gasteiger partial charge in [-0.1, -0.05) is 34.6 Å². The van der Waals surface area contributed by atoms with Gasteiger partial charge in [0, 0.05) is 24.2 Å². The van der Waals surface area contributed by atoms with Gasteiger partial charge in [-0.2, -0.15) is 0 Å². The molecule has 3 heteroatoms.